The van der Waals surface area contributed by atoms with Crippen LogP contribution in [0.3, 0.4) is 0 Å². The molecule has 4 heteroatoms. The minimum Gasteiger partial charge on any atom is -0.383 e. The summed E-state index contributed by atoms with van der Waals surface area (Å²) in [4.78, 5) is 12.8. The molecule has 0 aliphatic carbocycles. The van der Waals surface area contributed by atoms with E-state index in [1.165, 1.54) is 11.3 Å². The molecule has 0 aliphatic rings. The van der Waals surface area contributed by atoms with Gasteiger partial charge in [0.2, 0.25) is 0 Å². The zero-order chi connectivity index (χ0) is 13.9. The summed E-state index contributed by atoms with van der Waals surface area (Å²) in [5.74, 6) is -0.170. The first-order valence-corrected chi connectivity index (χ1v) is 6.98. The van der Waals surface area contributed by atoms with Crippen molar-refractivity contribution < 1.29 is 9.90 Å². The molecule has 1 aromatic heterocycles. The van der Waals surface area contributed by atoms with Gasteiger partial charge < -0.3 is 10.4 Å². The van der Waals surface area contributed by atoms with Crippen LogP contribution in [0, 0.1) is 6.92 Å². The van der Waals surface area contributed by atoms with E-state index in [4.69, 9.17) is 0 Å². The van der Waals surface area contributed by atoms with Crippen LogP contribution in [0.1, 0.15) is 27.7 Å². The van der Waals surface area contributed by atoms with Gasteiger partial charge in [0.25, 0.3) is 5.91 Å². The molecule has 0 saturated heterocycles. The lowest BCUT2D eigenvalue weighted by atomic mass is 10.0. The van der Waals surface area contributed by atoms with Crippen LogP contribution in [0.4, 0.5) is 0 Å². The highest BCUT2D eigenvalue weighted by atomic mass is 32.1. The number of nitrogens with one attached hydrogen (secondary N) is 1. The van der Waals surface area contributed by atoms with Gasteiger partial charge in [0.1, 0.15) is 5.60 Å². The Morgan fingerprint density at radius 1 is 1.32 bits per heavy atom. The summed E-state index contributed by atoms with van der Waals surface area (Å²) in [6.07, 6.45) is 0. The zero-order valence-electron chi connectivity index (χ0n) is 11.0. The maximum absolute atomic E-state index is 12.0. The molecule has 0 radical (unpaired) electrons. The highest BCUT2D eigenvalue weighted by molar-refractivity contribution is 7.10. The third-order valence-electron chi connectivity index (χ3n) is 2.96. The van der Waals surface area contributed by atoms with Gasteiger partial charge in [-0.3, -0.25) is 4.79 Å². The molecule has 0 saturated carbocycles. The molecule has 1 aromatic carbocycles. The van der Waals surface area contributed by atoms with Gasteiger partial charge in [-0.2, -0.15) is 0 Å². The Hall–Kier alpha value is -1.65. The fourth-order valence-corrected chi connectivity index (χ4v) is 2.52. The molecule has 2 aromatic rings. The van der Waals surface area contributed by atoms with Crippen molar-refractivity contribution in [1.29, 1.82) is 0 Å². The van der Waals surface area contributed by atoms with E-state index >= 15 is 0 Å². The van der Waals surface area contributed by atoms with Crippen LogP contribution in [0.5, 0.6) is 0 Å². The van der Waals surface area contributed by atoms with Crippen LogP contribution < -0.4 is 5.32 Å². The summed E-state index contributed by atoms with van der Waals surface area (Å²) in [6.45, 7) is 3.87. The highest BCUT2D eigenvalue weighted by Gasteiger charge is 2.24. The lowest BCUT2D eigenvalue weighted by Gasteiger charge is -2.22. The van der Waals surface area contributed by atoms with Crippen molar-refractivity contribution in [2.45, 2.75) is 19.4 Å². The third kappa shape index (κ3) is 3.43. The van der Waals surface area contributed by atoms with E-state index in [9.17, 15) is 9.90 Å². The quantitative estimate of drug-likeness (QED) is 0.901. The predicted molar refractivity (Wildman–Crippen MR) is 77.4 cm³/mol. The maximum atomic E-state index is 12.0. The van der Waals surface area contributed by atoms with Gasteiger partial charge in [0.05, 0.1) is 6.54 Å². The number of thiophene rings is 1. The number of rotatable bonds is 4. The summed E-state index contributed by atoms with van der Waals surface area (Å²) in [5, 5.41) is 15.0. The molecule has 0 fully saturated rings. The van der Waals surface area contributed by atoms with Crippen molar-refractivity contribution in [2.75, 3.05) is 6.54 Å². The Labute approximate surface area is 116 Å². The van der Waals surface area contributed by atoms with Crippen molar-refractivity contribution in [3.8, 4) is 0 Å². The average molecular weight is 275 g/mol. The first-order valence-electron chi connectivity index (χ1n) is 6.10. The molecule has 3 nitrogen and oxygen atoms in total. The van der Waals surface area contributed by atoms with E-state index in [0.717, 1.165) is 10.4 Å². The number of amides is 1. The van der Waals surface area contributed by atoms with Crippen LogP contribution in [-0.2, 0) is 5.60 Å². The summed E-state index contributed by atoms with van der Waals surface area (Å²) in [5.41, 5.74) is 0.684. The van der Waals surface area contributed by atoms with Crippen LogP contribution in [0.2, 0.25) is 0 Å². The summed E-state index contributed by atoms with van der Waals surface area (Å²) >= 11 is 1.48. The summed E-state index contributed by atoms with van der Waals surface area (Å²) < 4.78 is 0. The maximum Gasteiger partial charge on any atom is 0.251 e. The Balaban J connectivity index is 1.99. The number of aryl methyl sites for hydroxylation is 1. The van der Waals surface area contributed by atoms with Gasteiger partial charge in [-0.05, 0) is 37.4 Å². The zero-order valence-corrected chi connectivity index (χ0v) is 11.8. The van der Waals surface area contributed by atoms with Crippen LogP contribution >= 0.6 is 11.3 Å². The predicted octanol–water partition coefficient (Wildman–Crippen LogP) is 2.69. The molecule has 1 heterocycles. The normalized spacial score (nSPS) is 13.8. The highest BCUT2D eigenvalue weighted by Crippen LogP contribution is 2.24. The van der Waals surface area contributed by atoms with E-state index in [1.54, 1.807) is 19.1 Å². The van der Waals surface area contributed by atoms with Gasteiger partial charge in [0.15, 0.2) is 0 Å². The summed E-state index contributed by atoms with van der Waals surface area (Å²) in [6, 6.07) is 11.1. The lowest BCUT2D eigenvalue weighted by molar-refractivity contribution is 0.0557. The molecule has 1 amide bonds. The average Bonchev–Trinajstić information content (AvgIpc) is 2.91. The largest absolute Gasteiger partial charge is 0.383 e. The number of carbonyl (C=O) groups excluding carboxylic acids is 1. The SMILES string of the molecule is Cc1ccc(C(=O)NCC(C)(O)c2cccs2)cc1. The van der Waals surface area contributed by atoms with E-state index in [-0.39, 0.29) is 12.5 Å². The number of hydrogen-bond acceptors (Lipinski definition) is 3. The van der Waals surface area contributed by atoms with Gasteiger partial charge in [-0.25, -0.2) is 0 Å². The van der Waals surface area contributed by atoms with Crippen molar-refractivity contribution >= 4 is 17.2 Å². The van der Waals surface area contributed by atoms with Crippen molar-refractivity contribution in [1.82, 2.24) is 5.32 Å². The second-order valence-electron chi connectivity index (χ2n) is 4.80. The smallest absolute Gasteiger partial charge is 0.251 e. The molecular weight excluding hydrogens is 258 g/mol. The molecule has 19 heavy (non-hydrogen) atoms. The second kappa shape index (κ2) is 5.55. The molecule has 1 atom stereocenters. The van der Waals surface area contributed by atoms with Crippen molar-refractivity contribution in [2.24, 2.45) is 0 Å². The van der Waals surface area contributed by atoms with E-state index in [1.807, 2.05) is 36.6 Å². The Morgan fingerprint density at radius 2 is 2.00 bits per heavy atom. The monoisotopic (exact) mass is 275 g/mol. The second-order valence-corrected chi connectivity index (χ2v) is 5.75. The number of carbonyl (C=O) groups is 1. The molecule has 0 spiro atoms. The lowest BCUT2D eigenvalue weighted by Crippen LogP contribution is -2.38. The number of hydrogen-bond donors (Lipinski definition) is 2. The van der Waals surface area contributed by atoms with Gasteiger partial charge in [-0.15, -0.1) is 11.3 Å². The van der Waals surface area contributed by atoms with Gasteiger partial charge >= 0.3 is 0 Å². The number of aliphatic hydroxyl groups is 1. The van der Waals surface area contributed by atoms with Crippen molar-refractivity contribution in [3.05, 3.63) is 57.8 Å². The van der Waals surface area contributed by atoms with Crippen LogP contribution in [0.15, 0.2) is 41.8 Å². The molecule has 1 unspecified atom stereocenters. The summed E-state index contributed by atoms with van der Waals surface area (Å²) in [7, 11) is 0. The molecule has 2 rings (SSSR count). The third-order valence-corrected chi connectivity index (χ3v) is 4.08. The Morgan fingerprint density at radius 3 is 2.58 bits per heavy atom. The molecule has 0 aliphatic heterocycles. The van der Waals surface area contributed by atoms with Gasteiger partial charge in [-0.1, -0.05) is 23.8 Å². The minimum atomic E-state index is -1.03. The Kier molecular flexibility index (Phi) is 4.02. The van der Waals surface area contributed by atoms with E-state index in [2.05, 4.69) is 5.32 Å². The van der Waals surface area contributed by atoms with E-state index < -0.39 is 5.60 Å². The first-order chi connectivity index (χ1) is 8.99. The van der Waals surface area contributed by atoms with Gasteiger partial charge in [0, 0.05) is 10.4 Å². The molecule has 0 bridgehead atoms. The van der Waals surface area contributed by atoms with Crippen molar-refractivity contribution in [3.63, 3.8) is 0 Å². The standard InChI is InChI=1S/C15H17NO2S/c1-11-5-7-12(8-6-11)14(17)16-10-15(2,18)13-4-3-9-19-13/h3-9,18H,10H2,1-2H3,(H,16,17). The van der Waals surface area contributed by atoms with Crippen LogP contribution in [-0.4, -0.2) is 17.6 Å². The topological polar surface area (TPSA) is 49.3 Å². The molecule has 100 valence electrons. The van der Waals surface area contributed by atoms with E-state index in [0.29, 0.717) is 5.56 Å². The minimum absolute atomic E-state index is 0.170. The molecular formula is C15H17NO2S. The number of benzene rings is 1. The van der Waals surface area contributed by atoms with Crippen LogP contribution in [0.25, 0.3) is 0 Å². The first kappa shape index (κ1) is 13.8. The Bertz CT molecular complexity index is 544. The molecule has 2 N–H and O–H groups in total. The fraction of sp³-hybridized carbons (Fsp3) is 0.267. The fourth-order valence-electron chi connectivity index (χ4n) is 1.73.